The molecule has 0 heterocycles. The van der Waals surface area contributed by atoms with Gasteiger partial charge in [-0.15, -0.1) is 0 Å². The van der Waals surface area contributed by atoms with Crippen molar-refractivity contribution in [3.8, 4) is 0 Å². The third-order valence-electron chi connectivity index (χ3n) is 3.16. The number of nitro groups is 1. The van der Waals surface area contributed by atoms with Gasteiger partial charge in [-0.2, -0.15) is 0 Å². The van der Waals surface area contributed by atoms with Crippen LogP contribution >= 0.6 is 23.2 Å². The molecule has 2 aromatic rings. The summed E-state index contributed by atoms with van der Waals surface area (Å²) in [6.07, 6.45) is 0. The Morgan fingerprint density at radius 1 is 1.14 bits per heavy atom. The maximum atomic E-state index is 11.1. The first-order valence-corrected chi connectivity index (χ1v) is 7.10. The molecule has 2 aromatic carbocycles. The summed E-state index contributed by atoms with van der Waals surface area (Å²) in [5.41, 5.74) is 2.38. The molecular weight excluding hydrogens is 311 g/mol. The third kappa shape index (κ3) is 3.65. The Kier molecular flexibility index (Phi) is 4.70. The summed E-state index contributed by atoms with van der Waals surface area (Å²) in [6.45, 7) is 3.80. The summed E-state index contributed by atoms with van der Waals surface area (Å²) in [4.78, 5) is 10.7. The van der Waals surface area contributed by atoms with Crippen molar-refractivity contribution in [1.82, 2.24) is 0 Å². The molecule has 6 heteroatoms. The summed E-state index contributed by atoms with van der Waals surface area (Å²) >= 11 is 11.9. The van der Waals surface area contributed by atoms with Crippen LogP contribution in [0.5, 0.6) is 0 Å². The molecule has 4 nitrogen and oxygen atoms in total. The molecule has 110 valence electrons. The fraction of sp³-hybridized carbons (Fsp3) is 0.200. The van der Waals surface area contributed by atoms with Crippen molar-refractivity contribution in [3.63, 3.8) is 0 Å². The molecule has 0 aliphatic carbocycles. The number of hydrogen-bond acceptors (Lipinski definition) is 3. The molecule has 0 saturated heterocycles. The van der Waals surface area contributed by atoms with Crippen molar-refractivity contribution < 1.29 is 4.92 Å². The fourth-order valence-corrected chi connectivity index (χ4v) is 2.33. The van der Waals surface area contributed by atoms with E-state index in [0.29, 0.717) is 15.7 Å². The fourth-order valence-electron chi connectivity index (χ4n) is 2.02. The van der Waals surface area contributed by atoms with Gasteiger partial charge < -0.3 is 5.32 Å². The molecule has 0 aromatic heterocycles. The van der Waals surface area contributed by atoms with E-state index in [1.807, 2.05) is 19.9 Å². The van der Waals surface area contributed by atoms with E-state index >= 15 is 0 Å². The number of nitrogens with one attached hydrogen (secondary N) is 1. The minimum atomic E-state index is -0.399. The van der Waals surface area contributed by atoms with E-state index in [9.17, 15) is 10.1 Å². The quantitative estimate of drug-likeness (QED) is 0.606. The van der Waals surface area contributed by atoms with E-state index in [1.54, 1.807) is 24.3 Å². The van der Waals surface area contributed by atoms with Crippen molar-refractivity contribution in [2.45, 2.75) is 19.9 Å². The largest absolute Gasteiger partial charge is 0.373 e. The number of aryl methyl sites for hydroxylation is 1. The third-order valence-corrected chi connectivity index (χ3v) is 3.90. The summed E-state index contributed by atoms with van der Waals surface area (Å²) < 4.78 is 0. The number of hydrogen-bond donors (Lipinski definition) is 1. The lowest BCUT2D eigenvalue weighted by atomic mass is 10.1. The number of nitro benzene ring substituents is 1. The van der Waals surface area contributed by atoms with Crippen LogP contribution in [-0.2, 0) is 0 Å². The van der Waals surface area contributed by atoms with Gasteiger partial charge in [0, 0.05) is 12.1 Å². The molecule has 0 aliphatic heterocycles. The lowest BCUT2D eigenvalue weighted by Crippen LogP contribution is -2.08. The van der Waals surface area contributed by atoms with Crippen LogP contribution in [-0.4, -0.2) is 4.92 Å². The molecule has 0 aliphatic rings. The Morgan fingerprint density at radius 3 is 2.48 bits per heavy atom. The summed E-state index contributed by atoms with van der Waals surface area (Å²) in [7, 11) is 0. The van der Waals surface area contributed by atoms with Crippen molar-refractivity contribution >= 4 is 34.6 Å². The van der Waals surface area contributed by atoms with E-state index in [1.165, 1.54) is 6.07 Å². The van der Waals surface area contributed by atoms with Crippen LogP contribution < -0.4 is 5.32 Å². The Balaban J connectivity index is 2.30. The van der Waals surface area contributed by atoms with Crippen LogP contribution in [0.15, 0.2) is 36.4 Å². The molecule has 0 radical (unpaired) electrons. The van der Waals surface area contributed by atoms with Gasteiger partial charge in [0.15, 0.2) is 0 Å². The molecule has 0 fully saturated rings. The van der Waals surface area contributed by atoms with Crippen molar-refractivity contribution in [1.29, 1.82) is 0 Å². The van der Waals surface area contributed by atoms with Crippen LogP contribution in [0, 0.1) is 17.0 Å². The van der Waals surface area contributed by atoms with Gasteiger partial charge in [0.05, 0.1) is 15.0 Å². The summed E-state index contributed by atoms with van der Waals surface area (Å²) in [5.74, 6) is 0. The van der Waals surface area contributed by atoms with Crippen molar-refractivity contribution in [2.75, 3.05) is 5.32 Å². The summed E-state index contributed by atoms with van der Waals surface area (Å²) in [5, 5.41) is 15.2. The Labute approximate surface area is 132 Å². The number of benzene rings is 2. The molecule has 21 heavy (non-hydrogen) atoms. The lowest BCUT2D eigenvalue weighted by Gasteiger charge is -2.16. The monoisotopic (exact) mass is 324 g/mol. The Hall–Kier alpha value is -1.78. The molecule has 1 unspecified atom stereocenters. The van der Waals surface area contributed by atoms with Gasteiger partial charge in [-0.05, 0) is 43.2 Å². The van der Waals surface area contributed by atoms with Crippen molar-refractivity contribution in [2.24, 2.45) is 0 Å². The highest BCUT2D eigenvalue weighted by atomic mass is 35.5. The molecule has 1 atom stereocenters. The van der Waals surface area contributed by atoms with Gasteiger partial charge in [-0.1, -0.05) is 35.3 Å². The average molecular weight is 325 g/mol. The predicted octanol–water partition coefficient (Wildman–Crippen LogP) is 5.38. The normalized spacial score (nSPS) is 12.0. The number of halogens is 2. The molecule has 0 bridgehead atoms. The molecule has 0 saturated carbocycles. The maximum absolute atomic E-state index is 11.1. The van der Waals surface area contributed by atoms with Gasteiger partial charge in [-0.3, -0.25) is 10.1 Å². The Morgan fingerprint density at radius 2 is 1.86 bits per heavy atom. The maximum Gasteiger partial charge on any atom is 0.292 e. The van der Waals surface area contributed by atoms with E-state index in [4.69, 9.17) is 23.2 Å². The van der Waals surface area contributed by atoms with Gasteiger partial charge in [0.25, 0.3) is 5.69 Å². The van der Waals surface area contributed by atoms with E-state index in [0.717, 1.165) is 11.1 Å². The first kappa shape index (κ1) is 15.6. The molecular formula is C15H14Cl2N2O2. The van der Waals surface area contributed by atoms with E-state index in [-0.39, 0.29) is 11.7 Å². The predicted molar refractivity (Wildman–Crippen MR) is 86.3 cm³/mol. The number of nitrogens with zero attached hydrogens (tertiary/aromatic N) is 1. The Bertz CT molecular complexity index is 689. The van der Waals surface area contributed by atoms with Crippen molar-refractivity contribution in [3.05, 3.63) is 67.7 Å². The summed E-state index contributed by atoms with van der Waals surface area (Å²) in [6, 6.07) is 10.1. The second-order valence-electron chi connectivity index (χ2n) is 4.82. The van der Waals surface area contributed by atoms with Crippen LogP contribution in [0.2, 0.25) is 10.0 Å². The number of anilines is 1. The van der Waals surface area contributed by atoms with Gasteiger partial charge >= 0.3 is 0 Å². The van der Waals surface area contributed by atoms with Crippen LogP contribution in [0.3, 0.4) is 0 Å². The van der Waals surface area contributed by atoms with Gasteiger partial charge in [-0.25, -0.2) is 0 Å². The SMILES string of the molecule is Cc1ccc([N+](=O)[O-])c(NC(C)c2ccc(Cl)c(Cl)c2)c1. The van der Waals surface area contributed by atoms with Crippen LogP contribution in [0.25, 0.3) is 0 Å². The zero-order valence-corrected chi connectivity index (χ0v) is 13.1. The average Bonchev–Trinajstić information content (AvgIpc) is 2.41. The lowest BCUT2D eigenvalue weighted by molar-refractivity contribution is -0.384. The highest BCUT2D eigenvalue weighted by molar-refractivity contribution is 6.42. The minimum Gasteiger partial charge on any atom is -0.373 e. The number of rotatable bonds is 4. The van der Waals surface area contributed by atoms with Crippen LogP contribution in [0.4, 0.5) is 11.4 Å². The topological polar surface area (TPSA) is 55.2 Å². The first-order valence-electron chi connectivity index (χ1n) is 6.35. The molecule has 1 N–H and O–H groups in total. The highest BCUT2D eigenvalue weighted by Gasteiger charge is 2.16. The van der Waals surface area contributed by atoms with E-state index < -0.39 is 4.92 Å². The van der Waals surface area contributed by atoms with Gasteiger partial charge in [0.1, 0.15) is 5.69 Å². The smallest absolute Gasteiger partial charge is 0.292 e. The van der Waals surface area contributed by atoms with E-state index in [2.05, 4.69) is 5.32 Å². The molecule has 2 rings (SSSR count). The minimum absolute atomic E-state index is 0.0486. The molecule has 0 amide bonds. The van der Waals surface area contributed by atoms with Crippen LogP contribution in [0.1, 0.15) is 24.1 Å². The zero-order chi connectivity index (χ0) is 15.6. The zero-order valence-electron chi connectivity index (χ0n) is 11.6. The van der Waals surface area contributed by atoms with Gasteiger partial charge in [0.2, 0.25) is 0 Å². The standard InChI is InChI=1S/C15H14Cl2N2O2/c1-9-3-6-15(19(20)21)14(7-9)18-10(2)11-4-5-12(16)13(17)8-11/h3-8,10,18H,1-2H3. The first-order chi connectivity index (χ1) is 9.88. The molecule has 0 spiro atoms. The second kappa shape index (κ2) is 6.33. The second-order valence-corrected chi connectivity index (χ2v) is 5.63. The highest BCUT2D eigenvalue weighted by Crippen LogP contribution is 2.31.